The van der Waals surface area contributed by atoms with E-state index >= 15 is 0 Å². The van der Waals surface area contributed by atoms with E-state index < -0.39 is 0 Å². The molecule has 0 saturated carbocycles. The average Bonchev–Trinajstić information content (AvgIpc) is 2.09. The summed E-state index contributed by atoms with van der Waals surface area (Å²) >= 11 is 0. The molecule has 1 atom stereocenters. The normalized spacial score (nSPS) is 12.2. The Balaban J connectivity index is 0. The SMILES string of the molecule is [CH2]C(O)CCCCCCCCCC.[NaH]. The third-order valence-corrected chi connectivity index (χ3v) is 2.39. The zero-order valence-electron chi connectivity index (χ0n) is 9.10. The first-order chi connectivity index (χ1) is 6.27. The topological polar surface area (TPSA) is 20.2 Å². The van der Waals surface area contributed by atoms with Crippen LogP contribution in [0.2, 0.25) is 0 Å². The third-order valence-electron chi connectivity index (χ3n) is 2.39. The molecule has 1 nitrogen and oxygen atoms in total. The van der Waals surface area contributed by atoms with Gasteiger partial charge >= 0.3 is 29.6 Å². The molecule has 0 aliphatic rings. The van der Waals surface area contributed by atoms with E-state index in [0.717, 1.165) is 12.8 Å². The first-order valence-electron chi connectivity index (χ1n) is 5.78. The van der Waals surface area contributed by atoms with Crippen molar-refractivity contribution in [3.8, 4) is 0 Å². The molecule has 0 aromatic heterocycles. The van der Waals surface area contributed by atoms with Crippen LogP contribution >= 0.6 is 0 Å². The van der Waals surface area contributed by atoms with Gasteiger partial charge in [-0.25, -0.2) is 0 Å². The van der Waals surface area contributed by atoms with Crippen LogP contribution in [0, 0.1) is 6.92 Å². The first kappa shape index (κ1) is 17.4. The van der Waals surface area contributed by atoms with E-state index in [1.54, 1.807) is 0 Å². The quantitative estimate of drug-likeness (QED) is 0.457. The van der Waals surface area contributed by atoms with Gasteiger partial charge in [-0.3, -0.25) is 0 Å². The molecule has 1 N–H and O–H groups in total. The summed E-state index contributed by atoms with van der Waals surface area (Å²) in [5.74, 6) is 0. The first-order valence-corrected chi connectivity index (χ1v) is 5.78. The Morgan fingerprint density at radius 1 is 0.929 bits per heavy atom. The molecule has 0 aromatic rings. The summed E-state index contributed by atoms with van der Waals surface area (Å²) in [6.07, 6.45) is 11.1. The van der Waals surface area contributed by atoms with Crippen molar-refractivity contribution in [2.24, 2.45) is 0 Å². The predicted octanol–water partition coefficient (Wildman–Crippen LogP) is 3.06. The van der Waals surface area contributed by atoms with Crippen LogP contribution in [0.15, 0.2) is 0 Å². The van der Waals surface area contributed by atoms with Crippen LogP contribution in [0.5, 0.6) is 0 Å². The molecule has 0 amide bonds. The van der Waals surface area contributed by atoms with Crippen LogP contribution in [-0.2, 0) is 0 Å². The monoisotopic (exact) mass is 209 g/mol. The number of hydrogen-bond acceptors (Lipinski definition) is 1. The molecule has 0 bridgehead atoms. The summed E-state index contributed by atoms with van der Waals surface area (Å²) < 4.78 is 0. The molecule has 0 aromatic carbocycles. The van der Waals surface area contributed by atoms with Gasteiger partial charge in [0.25, 0.3) is 0 Å². The number of rotatable bonds is 9. The summed E-state index contributed by atoms with van der Waals surface area (Å²) in [5.41, 5.74) is 0. The Bertz CT molecular complexity index is 94.3. The van der Waals surface area contributed by atoms with Gasteiger partial charge in [-0.2, -0.15) is 0 Å². The number of unbranched alkanes of at least 4 members (excludes halogenated alkanes) is 7. The van der Waals surface area contributed by atoms with Crippen molar-refractivity contribution in [2.75, 3.05) is 0 Å². The second kappa shape index (κ2) is 14.0. The number of hydrogen-bond donors (Lipinski definition) is 1. The summed E-state index contributed by atoms with van der Waals surface area (Å²) in [4.78, 5) is 0. The minimum atomic E-state index is -0.347. The molecule has 2 heteroatoms. The Morgan fingerprint density at radius 2 is 1.36 bits per heavy atom. The molecule has 0 rings (SSSR count). The van der Waals surface area contributed by atoms with Gasteiger partial charge in [-0.15, -0.1) is 0 Å². The van der Waals surface area contributed by atoms with Crippen LogP contribution in [0.1, 0.15) is 64.7 Å². The van der Waals surface area contributed by atoms with Gasteiger partial charge in [-0.1, -0.05) is 58.3 Å². The molecular formula is C12H26NaO. The Labute approximate surface area is 112 Å². The van der Waals surface area contributed by atoms with Crippen molar-refractivity contribution in [3.05, 3.63) is 6.92 Å². The molecule has 0 saturated heterocycles. The number of aliphatic hydroxyl groups is 1. The van der Waals surface area contributed by atoms with E-state index in [4.69, 9.17) is 5.11 Å². The second-order valence-corrected chi connectivity index (χ2v) is 3.92. The fraction of sp³-hybridized carbons (Fsp3) is 0.917. The minimum absolute atomic E-state index is 0. The van der Waals surface area contributed by atoms with Crippen LogP contribution in [0.4, 0.5) is 0 Å². The molecule has 0 spiro atoms. The van der Waals surface area contributed by atoms with Gasteiger partial charge in [0.05, 0.1) is 6.10 Å². The Kier molecular flexibility index (Phi) is 17.3. The summed E-state index contributed by atoms with van der Waals surface area (Å²) in [6, 6.07) is 0. The van der Waals surface area contributed by atoms with Crippen molar-refractivity contribution in [1.82, 2.24) is 0 Å². The standard InChI is InChI=1S/C12H25O.Na.H/c1-3-4-5-6-7-8-9-10-11-12(2)13;;/h12-13H,2-11H2,1H3;;. The maximum absolute atomic E-state index is 8.91. The van der Waals surface area contributed by atoms with E-state index in [0.29, 0.717) is 0 Å². The van der Waals surface area contributed by atoms with E-state index in [2.05, 4.69) is 13.8 Å². The molecule has 0 aliphatic carbocycles. The van der Waals surface area contributed by atoms with Gasteiger partial charge in [0, 0.05) is 0 Å². The molecular weight excluding hydrogens is 183 g/mol. The van der Waals surface area contributed by atoms with E-state index in [1.165, 1.54) is 44.9 Å². The van der Waals surface area contributed by atoms with Gasteiger partial charge < -0.3 is 5.11 Å². The van der Waals surface area contributed by atoms with Crippen molar-refractivity contribution in [2.45, 2.75) is 70.8 Å². The Morgan fingerprint density at radius 3 is 1.79 bits per heavy atom. The predicted molar refractivity (Wildman–Crippen MR) is 65.7 cm³/mol. The van der Waals surface area contributed by atoms with E-state index in [-0.39, 0.29) is 35.7 Å². The Hall–Kier alpha value is 0.960. The van der Waals surface area contributed by atoms with Crippen molar-refractivity contribution < 1.29 is 5.11 Å². The molecule has 0 fully saturated rings. The zero-order chi connectivity index (χ0) is 9.94. The third kappa shape index (κ3) is 15.4. The summed E-state index contributed by atoms with van der Waals surface area (Å²) in [6.45, 7) is 5.80. The fourth-order valence-electron chi connectivity index (χ4n) is 1.51. The van der Waals surface area contributed by atoms with Gasteiger partial charge in [0.15, 0.2) is 0 Å². The van der Waals surface area contributed by atoms with Crippen LogP contribution < -0.4 is 0 Å². The van der Waals surface area contributed by atoms with Gasteiger partial charge in [0.2, 0.25) is 0 Å². The molecule has 1 unspecified atom stereocenters. The van der Waals surface area contributed by atoms with E-state index in [9.17, 15) is 0 Å². The molecule has 1 radical (unpaired) electrons. The number of aliphatic hydroxyl groups excluding tert-OH is 1. The van der Waals surface area contributed by atoms with Gasteiger partial charge in [0.1, 0.15) is 0 Å². The van der Waals surface area contributed by atoms with Gasteiger partial charge in [-0.05, 0) is 13.3 Å². The van der Waals surface area contributed by atoms with Crippen molar-refractivity contribution in [3.63, 3.8) is 0 Å². The van der Waals surface area contributed by atoms with Crippen LogP contribution in [0.25, 0.3) is 0 Å². The fourth-order valence-corrected chi connectivity index (χ4v) is 1.51. The maximum atomic E-state index is 8.91. The molecule has 0 aliphatic heterocycles. The van der Waals surface area contributed by atoms with Crippen molar-refractivity contribution >= 4 is 29.6 Å². The summed E-state index contributed by atoms with van der Waals surface area (Å²) in [7, 11) is 0. The molecule has 81 valence electrons. The van der Waals surface area contributed by atoms with E-state index in [1.807, 2.05) is 0 Å². The summed E-state index contributed by atoms with van der Waals surface area (Å²) in [5, 5.41) is 8.91. The van der Waals surface area contributed by atoms with Crippen molar-refractivity contribution in [1.29, 1.82) is 0 Å². The molecule has 0 heterocycles. The van der Waals surface area contributed by atoms with Crippen LogP contribution in [0.3, 0.4) is 0 Å². The molecule has 14 heavy (non-hydrogen) atoms. The van der Waals surface area contributed by atoms with Crippen LogP contribution in [-0.4, -0.2) is 40.8 Å². The average molecular weight is 209 g/mol. The second-order valence-electron chi connectivity index (χ2n) is 3.92. The zero-order valence-corrected chi connectivity index (χ0v) is 9.10.